The Morgan fingerprint density at radius 2 is 1.68 bits per heavy atom. The van der Waals surface area contributed by atoms with E-state index in [4.69, 9.17) is 13.7 Å². The van der Waals surface area contributed by atoms with Gasteiger partial charge in [-0.3, -0.25) is 4.79 Å². The topological polar surface area (TPSA) is 99.1 Å². The van der Waals surface area contributed by atoms with Crippen molar-refractivity contribution >= 4 is 16.1 Å². The Morgan fingerprint density at radius 1 is 0.971 bits per heavy atom. The van der Waals surface area contributed by atoms with Gasteiger partial charge < -0.3 is 18.8 Å². The molecule has 2 aromatic carbocycles. The van der Waals surface area contributed by atoms with E-state index in [1.165, 1.54) is 14.0 Å². The maximum absolute atomic E-state index is 11.8. The molecule has 0 saturated heterocycles. The molecular formula is C26H36O7S. The van der Waals surface area contributed by atoms with E-state index in [2.05, 4.69) is 6.92 Å². The van der Waals surface area contributed by atoms with Crippen molar-refractivity contribution in [2.45, 2.75) is 59.3 Å². The van der Waals surface area contributed by atoms with Gasteiger partial charge in [0.25, 0.3) is 0 Å². The van der Waals surface area contributed by atoms with Gasteiger partial charge in [-0.15, -0.1) is 0 Å². The molecule has 7 nitrogen and oxygen atoms in total. The lowest BCUT2D eigenvalue weighted by atomic mass is 9.97. The van der Waals surface area contributed by atoms with Gasteiger partial charge in [0.1, 0.15) is 5.75 Å². The number of benzene rings is 2. The van der Waals surface area contributed by atoms with Crippen LogP contribution in [0.15, 0.2) is 36.4 Å². The molecule has 1 unspecified atom stereocenters. The molecule has 0 aromatic heterocycles. The molecule has 0 amide bonds. The molecule has 0 saturated carbocycles. The molecular weight excluding hydrogens is 456 g/mol. The Hall–Kier alpha value is -2.74. The van der Waals surface area contributed by atoms with Crippen molar-refractivity contribution in [3.8, 4) is 17.2 Å². The molecule has 188 valence electrons. The molecule has 0 radical (unpaired) electrons. The second-order valence-corrected chi connectivity index (χ2v) is 10.2. The van der Waals surface area contributed by atoms with E-state index < -0.39 is 22.0 Å². The second kappa shape index (κ2) is 13.2. The minimum absolute atomic E-state index is 0.116. The third-order valence-electron chi connectivity index (χ3n) is 5.56. The number of aliphatic carboxylic acids is 1. The summed E-state index contributed by atoms with van der Waals surface area (Å²) >= 11 is 0. The van der Waals surface area contributed by atoms with Gasteiger partial charge in [0.15, 0.2) is 11.5 Å². The van der Waals surface area contributed by atoms with Crippen molar-refractivity contribution in [1.29, 1.82) is 0 Å². The Balaban J connectivity index is 2.09. The summed E-state index contributed by atoms with van der Waals surface area (Å²) < 4.78 is 40.0. The third-order valence-corrected chi connectivity index (χ3v) is 6.70. The number of ether oxygens (including phenoxy) is 2. The first-order valence-corrected chi connectivity index (χ1v) is 13.3. The van der Waals surface area contributed by atoms with Crippen LogP contribution in [-0.4, -0.2) is 39.0 Å². The summed E-state index contributed by atoms with van der Waals surface area (Å²) in [7, 11) is -2.14. The minimum Gasteiger partial charge on any atom is -0.493 e. The van der Waals surface area contributed by atoms with Crippen LogP contribution < -0.4 is 13.7 Å². The molecule has 0 aliphatic carbocycles. The molecule has 1 N–H and O–H groups in total. The van der Waals surface area contributed by atoms with Crippen LogP contribution in [0.3, 0.4) is 0 Å². The predicted molar refractivity (Wildman–Crippen MR) is 132 cm³/mol. The van der Waals surface area contributed by atoms with Crippen molar-refractivity contribution in [3.05, 3.63) is 53.1 Å². The van der Waals surface area contributed by atoms with Gasteiger partial charge in [-0.05, 0) is 73.9 Å². The Morgan fingerprint density at radius 3 is 2.32 bits per heavy atom. The highest BCUT2D eigenvalue weighted by Gasteiger charge is 2.15. The summed E-state index contributed by atoms with van der Waals surface area (Å²) in [6, 6.07) is 11.2. The van der Waals surface area contributed by atoms with Crippen LogP contribution >= 0.6 is 0 Å². The largest absolute Gasteiger partial charge is 0.493 e. The summed E-state index contributed by atoms with van der Waals surface area (Å²) in [5.41, 5.74) is 3.05. The molecule has 0 spiro atoms. The second-order valence-electron chi connectivity index (χ2n) is 8.36. The smallest absolute Gasteiger partial charge is 0.309 e. The van der Waals surface area contributed by atoms with Crippen LogP contribution in [0.25, 0.3) is 0 Å². The molecule has 34 heavy (non-hydrogen) atoms. The molecule has 8 heteroatoms. The van der Waals surface area contributed by atoms with Gasteiger partial charge in [-0.25, -0.2) is 0 Å². The standard InChI is InChI=1S/C26H36O7S/c1-5-7-15-32-24-18-21(16-19(3)26(27)28)11-13-22(24)10-8-9-20-12-14-23(25(17-20)31-4)33-34(29,30)6-2/h11-14,17-19H,5-10,15-16H2,1-4H3,(H,27,28). The number of methoxy groups -OCH3 is 1. The van der Waals surface area contributed by atoms with Gasteiger partial charge in [0.05, 0.1) is 25.4 Å². The predicted octanol–water partition coefficient (Wildman–Crippen LogP) is 5.04. The molecule has 2 rings (SSSR count). The van der Waals surface area contributed by atoms with E-state index in [0.717, 1.165) is 54.5 Å². The fourth-order valence-corrected chi connectivity index (χ4v) is 3.98. The van der Waals surface area contributed by atoms with Gasteiger partial charge in [0, 0.05) is 0 Å². The summed E-state index contributed by atoms with van der Waals surface area (Å²) in [5.74, 6) is 0.00462. The van der Waals surface area contributed by atoms with Crippen LogP contribution in [0, 0.1) is 5.92 Å². The summed E-state index contributed by atoms with van der Waals surface area (Å²) in [6.45, 7) is 5.96. The van der Waals surface area contributed by atoms with Gasteiger partial charge in [-0.2, -0.15) is 8.42 Å². The number of carbonyl (C=O) groups is 1. The average Bonchev–Trinajstić information content (AvgIpc) is 2.81. The molecule has 2 aromatic rings. The SMILES string of the molecule is CCCCOc1cc(CC(C)C(=O)O)ccc1CCCc1ccc(OS(=O)(=O)CC)c(OC)c1. The number of unbranched alkanes of at least 4 members (excludes halogenated alkanes) is 1. The quantitative estimate of drug-likeness (QED) is 0.275. The first-order chi connectivity index (χ1) is 16.2. The highest BCUT2D eigenvalue weighted by Crippen LogP contribution is 2.30. The summed E-state index contributed by atoms with van der Waals surface area (Å²) in [5, 5.41) is 9.21. The lowest BCUT2D eigenvalue weighted by Crippen LogP contribution is -2.12. The molecule has 0 fully saturated rings. The lowest BCUT2D eigenvalue weighted by Gasteiger charge is -2.15. The zero-order valence-electron chi connectivity index (χ0n) is 20.5. The number of hydrogen-bond acceptors (Lipinski definition) is 6. The van der Waals surface area contributed by atoms with E-state index in [1.807, 2.05) is 24.3 Å². The number of aryl methyl sites for hydroxylation is 2. The van der Waals surface area contributed by atoms with Crippen LogP contribution in [-0.2, 0) is 34.2 Å². The van der Waals surface area contributed by atoms with E-state index in [-0.39, 0.29) is 11.5 Å². The zero-order valence-corrected chi connectivity index (χ0v) is 21.3. The average molecular weight is 493 g/mol. The Labute approximate surface area is 203 Å². The number of rotatable bonds is 15. The monoisotopic (exact) mass is 492 g/mol. The van der Waals surface area contributed by atoms with E-state index in [0.29, 0.717) is 18.8 Å². The fourth-order valence-electron chi connectivity index (χ4n) is 3.45. The van der Waals surface area contributed by atoms with Crippen LogP contribution in [0.1, 0.15) is 56.7 Å². The van der Waals surface area contributed by atoms with Crippen molar-refractivity contribution in [2.75, 3.05) is 19.5 Å². The zero-order chi connectivity index (χ0) is 25.1. The first kappa shape index (κ1) is 27.5. The first-order valence-electron chi connectivity index (χ1n) is 11.8. The van der Waals surface area contributed by atoms with Crippen LogP contribution in [0.4, 0.5) is 0 Å². The van der Waals surface area contributed by atoms with Gasteiger partial charge in [-0.1, -0.05) is 38.5 Å². The van der Waals surface area contributed by atoms with Crippen molar-refractivity contribution < 1.29 is 32.0 Å². The van der Waals surface area contributed by atoms with Gasteiger partial charge >= 0.3 is 16.1 Å². The molecule has 0 aliphatic rings. The van der Waals surface area contributed by atoms with Gasteiger partial charge in [0.2, 0.25) is 0 Å². The Kier molecular flexibility index (Phi) is 10.7. The van der Waals surface area contributed by atoms with Crippen LogP contribution in [0.2, 0.25) is 0 Å². The highest BCUT2D eigenvalue weighted by molar-refractivity contribution is 7.87. The normalized spacial score (nSPS) is 12.2. The van der Waals surface area contributed by atoms with Crippen LogP contribution in [0.5, 0.6) is 17.2 Å². The maximum atomic E-state index is 11.8. The van der Waals surface area contributed by atoms with E-state index in [9.17, 15) is 18.3 Å². The maximum Gasteiger partial charge on any atom is 0.309 e. The number of carboxylic acid groups (broad SMARTS) is 1. The summed E-state index contributed by atoms with van der Waals surface area (Å²) in [6.07, 6.45) is 4.86. The van der Waals surface area contributed by atoms with Crippen molar-refractivity contribution in [3.63, 3.8) is 0 Å². The summed E-state index contributed by atoms with van der Waals surface area (Å²) in [4.78, 5) is 11.2. The lowest BCUT2D eigenvalue weighted by molar-refractivity contribution is -0.141. The fraction of sp³-hybridized carbons (Fsp3) is 0.500. The third kappa shape index (κ3) is 8.56. The van der Waals surface area contributed by atoms with Crippen molar-refractivity contribution in [1.82, 2.24) is 0 Å². The highest BCUT2D eigenvalue weighted by atomic mass is 32.2. The minimum atomic E-state index is -3.63. The number of hydrogen-bond donors (Lipinski definition) is 1. The molecule has 0 bridgehead atoms. The molecule has 1 atom stereocenters. The molecule has 0 aliphatic heterocycles. The van der Waals surface area contributed by atoms with E-state index in [1.54, 1.807) is 19.1 Å². The van der Waals surface area contributed by atoms with Crippen molar-refractivity contribution in [2.24, 2.45) is 5.92 Å². The van der Waals surface area contributed by atoms with E-state index >= 15 is 0 Å². The number of carboxylic acids is 1. The molecule has 0 heterocycles. The Bertz CT molecular complexity index is 1050.